The van der Waals surface area contributed by atoms with Crippen molar-refractivity contribution in [2.24, 2.45) is 0 Å². The number of hydrogen-bond donors (Lipinski definition) is 0. The molecular weight excluding hydrogens is 382 g/mol. The molecule has 0 bridgehead atoms. The van der Waals surface area contributed by atoms with Gasteiger partial charge in [0, 0.05) is 23.3 Å². The van der Waals surface area contributed by atoms with E-state index in [0.717, 1.165) is 21.8 Å². The van der Waals surface area contributed by atoms with Crippen LogP contribution in [-0.4, -0.2) is 20.4 Å². The highest BCUT2D eigenvalue weighted by Gasteiger charge is 2.30. The van der Waals surface area contributed by atoms with E-state index in [1.54, 1.807) is 10.6 Å². The minimum atomic E-state index is 0.0725. The van der Waals surface area contributed by atoms with E-state index in [1.165, 1.54) is 11.3 Å². The van der Waals surface area contributed by atoms with E-state index >= 15 is 0 Å². The Hall–Kier alpha value is -1.02. The molecule has 0 N–H and O–H groups in total. The molecule has 4 nitrogen and oxygen atoms in total. The molecule has 1 saturated heterocycles. The Morgan fingerprint density at radius 3 is 3.04 bits per heavy atom. The van der Waals surface area contributed by atoms with Gasteiger partial charge >= 0.3 is 5.56 Å². The average Bonchev–Trinajstić information content (AvgIpc) is 3.19. The fourth-order valence-electron chi connectivity index (χ4n) is 2.76. The Morgan fingerprint density at radius 1 is 1.46 bits per heavy atom. The molecular formula is C16H15ClN3OS3+. The van der Waals surface area contributed by atoms with E-state index in [9.17, 15) is 4.79 Å². The standard InChI is InChI=1S/C16H15ClN3OS3/c1-10-9-22-15(23-10)12-8-19(7-11-6-18-16(17)24-11)13-4-2-3-5-20(13)14(12)21/h2-6,8,10,15H,7,9H2,1H3/q+1. The summed E-state index contributed by atoms with van der Waals surface area (Å²) in [5.74, 6) is 1.08. The second-order valence-corrected chi connectivity index (χ2v) is 10.3. The van der Waals surface area contributed by atoms with Crippen LogP contribution in [0.3, 0.4) is 0 Å². The van der Waals surface area contributed by atoms with Gasteiger partial charge in [0.05, 0.1) is 15.7 Å². The van der Waals surface area contributed by atoms with Gasteiger partial charge in [0.2, 0.25) is 0 Å². The molecule has 1 aliphatic rings. The molecule has 4 heterocycles. The molecule has 0 spiro atoms. The number of fused-ring (bicyclic) bond motifs is 1. The molecule has 3 aromatic rings. The molecule has 0 amide bonds. The zero-order valence-electron chi connectivity index (χ0n) is 12.9. The van der Waals surface area contributed by atoms with Crippen LogP contribution in [0.25, 0.3) is 5.65 Å². The third-order valence-electron chi connectivity index (χ3n) is 3.84. The van der Waals surface area contributed by atoms with E-state index in [4.69, 9.17) is 11.6 Å². The summed E-state index contributed by atoms with van der Waals surface area (Å²) in [4.78, 5) is 18.1. The first-order chi connectivity index (χ1) is 11.6. The highest BCUT2D eigenvalue weighted by atomic mass is 35.5. The predicted molar refractivity (Wildman–Crippen MR) is 102 cm³/mol. The summed E-state index contributed by atoms with van der Waals surface area (Å²) in [5.41, 5.74) is 1.80. The maximum absolute atomic E-state index is 12.9. The number of thioether (sulfide) groups is 2. The van der Waals surface area contributed by atoms with Crippen LogP contribution in [0.15, 0.2) is 41.6 Å². The molecule has 3 aromatic heterocycles. The minimum absolute atomic E-state index is 0.0725. The lowest BCUT2D eigenvalue weighted by Crippen LogP contribution is -2.41. The van der Waals surface area contributed by atoms with Crippen molar-refractivity contribution in [3.8, 4) is 0 Å². The summed E-state index contributed by atoms with van der Waals surface area (Å²) in [6, 6.07) is 5.81. The van der Waals surface area contributed by atoms with Crippen LogP contribution >= 0.6 is 46.5 Å². The van der Waals surface area contributed by atoms with Gasteiger partial charge in [-0.15, -0.1) is 34.9 Å². The Morgan fingerprint density at radius 2 is 2.33 bits per heavy atom. The van der Waals surface area contributed by atoms with Crippen molar-refractivity contribution in [3.63, 3.8) is 0 Å². The van der Waals surface area contributed by atoms with Crippen molar-refractivity contribution in [2.45, 2.75) is 23.3 Å². The van der Waals surface area contributed by atoms with E-state index in [-0.39, 0.29) is 10.1 Å². The van der Waals surface area contributed by atoms with Crippen molar-refractivity contribution in [2.75, 3.05) is 5.75 Å². The summed E-state index contributed by atoms with van der Waals surface area (Å²) >= 11 is 11.1. The number of pyridine rings is 1. The molecule has 0 radical (unpaired) electrons. The largest absolute Gasteiger partial charge is 0.347 e. The van der Waals surface area contributed by atoms with Crippen LogP contribution in [0, 0.1) is 0 Å². The minimum Gasteiger partial charge on any atom is -0.240 e. The van der Waals surface area contributed by atoms with Gasteiger partial charge in [0.15, 0.2) is 4.47 Å². The van der Waals surface area contributed by atoms with Gasteiger partial charge in [0.25, 0.3) is 5.65 Å². The van der Waals surface area contributed by atoms with Crippen LogP contribution in [-0.2, 0) is 6.54 Å². The maximum Gasteiger partial charge on any atom is 0.347 e. The second-order valence-electron chi connectivity index (χ2n) is 5.64. The number of halogens is 1. The van der Waals surface area contributed by atoms with E-state index in [2.05, 4.69) is 16.5 Å². The van der Waals surface area contributed by atoms with E-state index in [0.29, 0.717) is 16.3 Å². The van der Waals surface area contributed by atoms with Gasteiger partial charge in [-0.1, -0.05) is 24.6 Å². The highest BCUT2D eigenvalue weighted by Crippen LogP contribution is 2.47. The quantitative estimate of drug-likeness (QED) is 0.634. The third-order valence-corrected chi connectivity index (χ3v) is 8.27. The normalized spacial score (nSPS) is 20.8. The Kier molecular flexibility index (Phi) is 4.60. The summed E-state index contributed by atoms with van der Waals surface area (Å²) < 4.78 is 4.59. The van der Waals surface area contributed by atoms with Crippen LogP contribution in [0.1, 0.15) is 21.9 Å². The molecule has 1 aliphatic heterocycles. The summed E-state index contributed by atoms with van der Waals surface area (Å²) in [5, 5.41) is 0.574. The molecule has 2 atom stereocenters. The lowest BCUT2D eigenvalue weighted by Gasteiger charge is -2.10. The first kappa shape index (κ1) is 16.4. The Labute approximate surface area is 156 Å². The fourth-order valence-corrected chi connectivity index (χ4v) is 6.92. The topological polar surface area (TPSA) is 38.2 Å². The van der Waals surface area contributed by atoms with Gasteiger partial charge in [0.1, 0.15) is 18.3 Å². The summed E-state index contributed by atoms with van der Waals surface area (Å²) in [6.07, 6.45) is 5.64. The molecule has 0 aromatic carbocycles. The van der Waals surface area contributed by atoms with Gasteiger partial charge < -0.3 is 0 Å². The number of aromatic nitrogens is 3. The first-order valence-electron chi connectivity index (χ1n) is 7.53. The lowest BCUT2D eigenvalue weighted by atomic mass is 10.3. The molecule has 0 aliphatic carbocycles. The highest BCUT2D eigenvalue weighted by molar-refractivity contribution is 8.19. The molecule has 8 heteroatoms. The zero-order valence-corrected chi connectivity index (χ0v) is 16.1. The average molecular weight is 397 g/mol. The monoisotopic (exact) mass is 396 g/mol. The van der Waals surface area contributed by atoms with Crippen LogP contribution in [0.5, 0.6) is 0 Å². The molecule has 4 rings (SSSR count). The van der Waals surface area contributed by atoms with Gasteiger partial charge in [-0.2, -0.15) is 4.40 Å². The first-order valence-corrected chi connectivity index (χ1v) is 10.7. The second kappa shape index (κ2) is 6.71. The molecule has 24 heavy (non-hydrogen) atoms. The van der Waals surface area contributed by atoms with Crippen molar-refractivity contribution in [1.29, 1.82) is 0 Å². The summed E-state index contributed by atoms with van der Waals surface area (Å²) in [7, 11) is 0. The fraction of sp³-hybridized carbons (Fsp3) is 0.312. The number of rotatable bonds is 3. The smallest absolute Gasteiger partial charge is 0.240 e. The van der Waals surface area contributed by atoms with Gasteiger partial charge in [-0.3, -0.25) is 0 Å². The SMILES string of the molecule is CC1CSC(c2c[n+](Cc3cnc(Cl)s3)c3ccccn3c2=O)S1. The number of hydrogen-bond acceptors (Lipinski definition) is 5. The van der Waals surface area contributed by atoms with Crippen molar-refractivity contribution >= 4 is 52.1 Å². The molecule has 0 saturated carbocycles. The van der Waals surface area contributed by atoms with Crippen molar-refractivity contribution in [1.82, 2.24) is 9.38 Å². The Bertz CT molecular complexity index is 955. The van der Waals surface area contributed by atoms with Gasteiger partial charge in [-0.05, 0) is 6.07 Å². The maximum atomic E-state index is 12.9. The molecule has 2 unspecified atom stereocenters. The van der Waals surface area contributed by atoms with Crippen LogP contribution in [0.2, 0.25) is 4.47 Å². The van der Waals surface area contributed by atoms with Crippen LogP contribution in [0.4, 0.5) is 0 Å². The predicted octanol–water partition coefficient (Wildman–Crippen LogP) is 3.61. The van der Waals surface area contributed by atoms with Gasteiger partial charge in [-0.25, -0.2) is 14.3 Å². The van der Waals surface area contributed by atoms with Crippen LogP contribution < -0.4 is 10.1 Å². The number of thiazole rings is 1. The van der Waals surface area contributed by atoms with Crippen molar-refractivity contribution in [3.05, 3.63) is 62.1 Å². The summed E-state index contributed by atoms with van der Waals surface area (Å²) in [6.45, 7) is 2.87. The Balaban J connectivity index is 1.85. The number of nitrogens with zero attached hydrogens (tertiary/aromatic N) is 3. The van der Waals surface area contributed by atoms with E-state index < -0.39 is 0 Å². The van der Waals surface area contributed by atoms with E-state index in [1.807, 2.05) is 54.1 Å². The third kappa shape index (κ3) is 3.10. The van der Waals surface area contributed by atoms with Crippen molar-refractivity contribution < 1.29 is 4.57 Å². The lowest BCUT2D eigenvalue weighted by molar-refractivity contribution is -0.665. The zero-order chi connectivity index (χ0) is 16.7. The molecule has 124 valence electrons. The molecule has 1 fully saturated rings.